The van der Waals surface area contributed by atoms with Crippen molar-refractivity contribution in [2.24, 2.45) is 5.10 Å². The minimum Gasteiger partial charge on any atom is -0.292 e. The largest absolute Gasteiger partial charge is 0.416 e. The standard InChI is InChI=1S/C10H6Cl3F3N2O/c11-3-6(19)4-17-18-9-7(12)1-5(2-8(9)13)10(14,15)16/h1-2,4,18H,3H2. The molecule has 1 N–H and O–H groups in total. The molecule has 1 aromatic carbocycles. The summed E-state index contributed by atoms with van der Waals surface area (Å²) >= 11 is 16.5. The van der Waals surface area contributed by atoms with Crippen molar-refractivity contribution in [3.8, 4) is 0 Å². The minimum atomic E-state index is -4.55. The molecule has 1 aromatic rings. The van der Waals surface area contributed by atoms with Crippen molar-refractivity contribution < 1.29 is 18.0 Å². The molecule has 0 atom stereocenters. The molecule has 0 aliphatic heterocycles. The second-order valence-electron chi connectivity index (χ2n) is 3.28. The van der Waals surface area contributed by atoms with Crippen LogP contribution in [0.2, 0.25) is 10.0 Å². The third kappa shape index (κ3) is 4.56. The van der Waals surface area contributed by atoms with Crippen molar-refractivity contribution in [2.45, 2.75) is 6.18 Å². The predicted octanol–water partition coefficient (Wildman–Crippen LogP) is 4.22. The smallest absolute Gasteiger partial charge is 0.292 e. The number of nitrogens with one attached hydrogen (secondary N) is 1. The number of ketones is 1. The fourth-order valence-corrected chi connectivity index (χ4v) is 1.69. The Hall–Kier alpha value is -0.980. The van der Waals surface area contributed by atoms with E-state index in [2.05, 4.69) is 10.5 Å². The Balaban J connectivity index is 2.98. The van der Waals surface area contributed by atoms with E-state index in [1.807, 2.05) is 0 Å². The quantitative estimate of drug-likeness (QED) is 0.509. The maximum Gasteiger partial charge on any atom is 0.416 e. The van der Waals surface area contributed by atoms with Crippen LogP contribution in [0.3, 0.4) is 0 Å². The first kappa shape index (κ1) is 16.1. The highest BCUT2D eigenvalue weighted by Gasteiger charge is 2.32. The van der Waals surface area contributed by atoms with Gasteiger partial charge < -0.3 is 0 Å². The zero-order valence-corrected chi connectivity index (χ0v) is 11.3. The number of Topliss-reactive ketones (excluding diaryl/α,β-unsaturated/α-hetero) is 1. The third-order valence-corrected chi connectivity index (χ3v) is 2.75. The third-order valence-electron chi connectivity index (χ3n) is 1.89. The lowest BCUT2D eigenvalue weighted by atomic mass is 10.2. The minimum absolute atomic E-state index is 0.0324. The second kappa shape index (κ2) is 6.45. The van der Waals surface area contributed by atoms with E-state index in [1.54, 1.807) is 0 Å². The first-order valence-electron chi connectivity index (χ1n) is 4.70. The molecule has 0 aromatic heterocycles. The van der Waals surface area contributed by atoms with Gasteiger partial charge in [-0.05, 0) is 12.1 Å². The number of alkyl halides is 4. The van der Waals surface area contributed by atoms with Crippen molar-refractivity contribution in [3.05, 3.63) is 27.7 Å². The highest BCUT2D eigenvalue weighted by molar-refractivity contribution is 6.42. The van der Waals surface area contributed by atoms with Gasteiger partial charge in [0.05, 0.1) is 33.4 Å². The van der Waals surface area contributed by atoms with Crippen LogP contribution in [0.15, 0.2) is 17.2 Å². The average molecular weight is 334 g/mol. The lowest BCUT2D eigenvalue weighted by Crippen LogP contribution is -2.06. The molecule has 0 aliphatic rings. The molecular formula is C10H6Cl3F3N2O. The van der Waals surface area contributed by atoms with Gasteiger partial charge in [0.2, 0.25) is 0 Å². The van der Waals surface area contributed by atoms with Crippen LogP contribution in [0.4, 0.5) is 18.9 Å². The van der Waals surface area contributed by atoms with Crippen molar-refractivity contribution in [1.29, 1.82) is 0 Å². The van der Waals surface area contributed by atoms with Crippen LogP contribution in [0.1, 0.15) is 5.56 Å². The summed E-state index contributed by atoms with van der Waals surface area (Å²) in [6, 6.07) is 1.41. The van der Waals surface area contributed by atoms with Gasteiger partial charge in [-0.3, -0.25) is 10.2 Å². The zero-order valence-electron chi connectivity index (χ0n) is 9.06. The molecule has 9 heteroatoms. The van der Waals surface area contributed by atoms with Gasteiger partial charge in [0.25, 0.3) is 0 Å². The van der Waals surface area contributed by atoms with Crippen LogP contribution in [-0.2, 0) is 11.0 Å². The van der Waals surface area contributed by atoms with E-state index in [9.17, 15) is 18.0 Å². The Kier molecular flexibility index (Phi) is 5.46. The molecule has 0 spiro atoms. The van der Waals surface area contributed by atoms with Crippen LogP contribution in [0, 0.1) is 0 Å². The summed E-state index contributed by atoms with van der Waals surface area (Å²) in [6.45, 7) is 0. The van der Waals surface area contributed by atoms with Gasteiger partial charge in [-0.25, -0.2) is 0 Å². The number of hydrazone groups is 1. The van der Waals surface area contributed by atoms with Gasteiger partial charge in [-0.2, -0.15) is 18.3 Å². The Morgan fingerprint density at radius 3 is 2.26 bits per heavy atom. The fraction of sp³-hybridized carbons (Fsp3) is 0.200. The van der Waals surface area contributed by atoms with E-state index in [4.69, 9.17) is 34.8 Å². The van der Waals surface area contributed by atoms with Gasteiger partial charge in [-0.15, -0.1) is 11.6 Å². The van der Waals surface area contributed by atoms with E-state index >= 15 is 0 Å². The summed E-state index contributed by atoms with van der Waals surface area (Å²) in [5, 5.41) is 2.93. The predicted molar refractivity (Wildman–Crippen MR) is 69.3 cm³/mol. The number of hydrogen-bond donors (Lipinski definition) is 1. The zero-order chi connectivity index (χ0) is 14.6. The lowest BCUT2D eigenvalue weighted by Gasteiger charge is -2.11. The molecule has 0 fully saturated rings. The number of benzene rings is 1. The van der Waals surface area contributed by atoms with Crippen LogP contribution >= 0.6 is 34.8 Å². The molecule has 0 amide bonds. The Morgan fingerprint density at radius 1 is 1.32 bits per heavy atom. The number of carbonyl (C=O) groups excluding carboxylic acids is 1. The Labute approximate surface area is 121 Å². The fourth-order valence-electron chi connectivity index (χ4n) is 1.05. The Morgan fingerprint density at radius 2 is 1.84 bits per heavy atom. The molecule has 0 saturated carbocycles. The maximum atomic E-state index is 12.5. The van der Waals surface area contributed by atoms with Crippen LogP contribution in [-0.4, -0.2) is 17.9 Å². The van der Waals surface area contributed by atoms with E-state index in [0.29, 0.717) is 12.1 Å². The van der Waals surface area contributed by atoms with Gasteiger partial charge in [-0.1, -0.05) is 23.2 Å². The lowest BCUT2D eigenvalue weighted by molar-refractivity contribution is -0.137. The number of anilines is 1. The van der Waals surface area contributed by atoms with Crippen molar-refractivity contribution in [3.63, 3.8) is 0 Å². The molecule has 0 unspecified atom stereocenters. The molecule has 0 heterocycles. The molecule has 3 nitrogen and oxygen atoms in total. The van der Waals surface area contributed by atoms with E-state index in [1.165, 1.54) is 0 Å². The highest BCUT2D eigenvalue weighted by Crippen LogP contribution is 2.38. The van der Waals surface area contributed by atoms with E-state index in [0.717, 1.165) is 6.21 Å². The van der Waals surface area contributed by atoms with Crippen LogP contribution in [0.25, 0.3) is 0 Å². The summed E-state index contributed by atoms with van der Waals surface area (Å²) in [5.41, 5.74) is 1.27. The number of halogens is 6. The van der Waals surface area contributed by atoms with Crippen molar-refractivity contribution >= 4 is 52.5 Å². The summed E-state index contributed by atoms with van der Waals surface area (Å²) in [6.07, 6.45) is -3.68. The maximum absolute atomic E-state index is 12.5. The first-order valence-corrected chi connectivity index (χ1v) is 5.99. The van der Waals surface area contributed by atoms with Crippen molar-refractivity contribution in [2.75, 3.05) is 11.3 Å². The molecule has 104 valence electrons. The van der Waals surface area contributed by atoms with Gasteiger partial charge >= 0.3 is 6.18 Å². The average Bonchev–Trinajstić information content (AvgIpc) is 2.30. The van der Waals surface area contributed by atoms with Gasteiger partial charge in [0, 0.05) is 0 Å². The topological polar surface area (TPSA) is 41.5 Å². The number of rotatable bonds is 4. The molecule has 0 bridgehead atoms. The summed E-state index contributed by atoms with van der Waals surface area (Å²) in [5.74, 6) is -0.743. The van der Waals surface area contributed by atoms with E-state index in [-0.39, 0.29) is 21.6 Å². The molecule has 0 aliphatic carbocycles. The van der Waals surface area contributed by atoms with Crippen LogP contribution in [0.5, 0.6) is 0 Å². The molecular weight excluding hydrogens is 327 g/mol. The number of nitrogens with zero attached hydrogens (tertiary/aromatic N) is 1. The SMILES string of the molecule is O=C(C=NNc1c(Cl)cc(C(F)(F)F)cc1Cl)CCl. The number of carbonyl (C=O) groups is 1. The summed E-state index contributed by atoms with van der Waals surface area (Å²) in [7, 11) is 0. The van der Waals surface area contributed by atoms with Gasteiger partial charge in [0.1, 0.15) is 0 Å². The molecule has 0 saturated heterocycles. The van der Waals surface area contributed by atoms with Crippen LogP contribution < -0.4 is 5.43 Å². The first-order chi connectivity index (χ1) is 8.75. The summed E-state index contributed by atoms with van der Waals surface area (Å²) < 4.78 is 37.4. The van der Waals surface area contributed by atoms with Crippen molar-refractivity contribution in [1.82, 2.24) is 0 Å². The van der Waals surface area contributed by atoms with E-state index < -0.39 is 17.5 Å². The normalized spacial score (nSPS) is 11.9. The highest BCUT2D eigenvalue weighted by atomic mass is 35.5. The Bertz CT molecular complexity index is 494. The summed E-state index contributed by atoms with van der Waals surface area (Å²) in [4.78, 5) is 10.8. The molecule has 0 radical (unpaired) electrons. The number of hydrogen-bond acceptors (Lipinski definition) is 3. The van der Waals surface area contributed by atoms with Gasteiger partial charge in [0.15, 0.2) is 5.78 Å². The molecule has 19 heavy (non-hydrogen) atoms. The molecule has 1 rings (SSSR count). The monoisotopic (exact) mass is 332 g/mol. The second-order valence-corrected chi connectivity index (χ2v) is 4.36.